The second-order valence-electron chi connectivity index (χ2n) is 5.73. The van der Waals surface area contributed by atoms with Crippen molar-refractivity contribution in [2.24, 2.45) is 0 Å². The molecule has 0 fully saturated rings. The molecule has 0 aliphatic rings. The molecule has 0 atom stereocenters. The van der Waals surface area contributed by atoms with Crippen LogP contribution in [0.15, 0.2) is 0 Å². The van der Waals surface area contributed by atoms with Crippen LogP contribution in [0.1, 0.15) is 79.1 Å². The van der Waals surface area contributed by atoms with E-state index in [1.165, 1.54) is 25.7 Å². The van der Waals surface area contributed by atoms with E-state index in [0.717, 1.165) is 26.2 Å². The van der Waals surface area contributed by atoms with Crippen molar-refractivity contribution < 1.29 is 22.4 Å². The monoisotopic (exact) mass is 308 g/mol. The summed E-state index contributed by atoms with van der Waals surface area (Å²) in [5.74, 6) is -0.778. The summed E-state index contributed by atoms with van der Waals surface area (Å²) in [6, 6.07) is 0. The van der Waals surface area contributed by atoms with Crippen LogP contribution in [0, 0.1) is 0 Å². The molecule has 0 aliphatic carbocycles. The molecule has 20 heavy (non-hydrogen) atoms. The van der Waals surface area contributed by atoms with E-state index in [1.54, 1.807) is 13.8 Å². The van der Waals surface area contributed by atoms with Crippen molar-refractivity contribution >= 4 is 16.1 Å². The Balaban J connectivity index is 4.01. The predicted octanol–water partition coefficient (Wildman–Crippen LogP) is 3.73. The molecule has 5 nitrogen and oxygen atoms in total. The van der Waals surface area contributed by atoms with Gasteiger partial charge in [0.15, 0.2) is 0 Å². The van der Waals surface area contributed by atoms with Crippen molar-refractivity contribution in [3.8, 4) is 0 Å². The Morgan fingerprint density at radius 3 is 2.00 bits per heavy atom. The first-order valence-corrected chi connectivity index (χ1v) is 8.75. The highest BCUT2D eigenvalue weighted by molar-refractivity contribution is 7.88. The Labute approximate surface area is 123 Å². The zero-order chi connectivity index (χ0) is 15.6. The maximum absolute atomic E-state index is 11.9. The fourth-order valence-electron chi connectivity index (χ4n) is 1.82. The van der Waals surface area contributed by atoms with Gasteiger partial charge in [-0.25, -0.2) is 4.79 Å². The van der Waals surface area contributed by atoms with E-state index < -0.39 is 20.8 Å². The lowest BCUT2D eigenvalue weighted by Crippen LogP contribution is -2.34. The van der Waals surface area contributed by atoms with Gasteiger partial charge in [-0.15, -0.1) is 0 Å². The van der Waals surface area contributed by atoms with Crippen LogP contribution in [-0.2, 0) is 24.1 Å². The summed E-state index contributed by atoms with van der Waals surface area (Å²) in [6.45, 7) is 6.45. The summed E-state index contributed by atoms with van der Waals surface area (Å²) in [5.41, 5.74) is 0. The number of unbranched alkanes of at least 4 members (excludes halogenated alkanes) is 6. The van der Waals surface area contributed by atoms with E-state index in [-0.39, 0.29) is 0 Å². The van der Waals surface area contributed by atoms with Crippen LogP contribution in [-0.4, -0.2) is 19.1 Å². The molecule has 6 heteroatoms. The molecule has 0 N–H and O–H groups in total. The lowest BCUT2D eigenvalue weighted by molar-refractivity contribution is -0.209. The van der Waals surface area contributed by atoms with Crippen LogP contribution >= 0.6 is 0 Å². The molecule has 120 valence electrons. The molecule has 0 aliphatic heterocycles. The maximum Gasteiger partial charge on any atom is 0.340 e. The van der Waals surface area contributed by atoms with Gasteiger partial charge >= 0.3 is 16.1 Å². The Hall–Kier alpha value is -0.620. The average molecular weight is 308 g/mol. The van der Waals surface area contributed by atoms with Gasteiger partial charge in [0, 0.05) is 6.92 Å². The highest BCUT2D eigenvalue weighted by Crippen LogP contribution is 2.26. The van der Waals surface area contributed by atoms with Crippen LogP contribution in [0.2, 0.25) is 0 Å². The minimum Gasteiger partial charge on any atom is -0.282 e. The van der Waals surface area contributed by atoms with Crippen LogP contribution < -0.4 is 0 Å². The molecule has 0 heterocycles. The highest BCUT2D eigenvalue weighted by Gasteiger charge is 2.36. The normalized spacial score (nSPS) is 12.4. The molecule has 0 bridgehead atoms. The van der Waals surface area contributed by atoms with Gasteiger partial charge < -0.3 is 0 Å². The molecular formula is C14H28O5S. The highest BCUT2D eigenvalue weighted by atomic mass is 32.2. The van der Waals surface area contributed by atoms with Gasteiger partial charge in [0.1, 0.15) is 0 Å². The second-order valence-corrected chi connectivity index (χ2v) is 7.88. The van der Waals surface area contributed by atoms with Gasteiger partial charge in [0.05, 0.1) is 4.75 Å². The number of carbonyl (C=O) groups is 1. The zero-order valence-corrected chi connectivity index (χ0v) is 13.9. The van der Waals surface area contributed by atoms with E-state index in [9.17, 15) is 13.2 Å². The van der Waals surface area contributed by atoms with Crippen molar-refractivity contribution in [1.29, 1.82) is 0 Å². The van der Waals surface area contributed by atoms with Gasteiger partial charge in [0.25, 0.3) is 0 Å². The van der Waals surface area contributed by atoms with Crippen molar-refractivity contribution in [2.45, 2.75) is 83.8 Å². The molecule has 0 rings (SSSR count). The third kappa shape index (κ3) is 7.85. The number of rotatable bonds is 11. The second kappa shape index (κ2) is 9.34. The van der Waals surface area contributed by atoms with Gasteiger partial charge in [-0.2, -0.15) is 8.42 Å². The lowest BCUT2D eigenvalue weighted by Gasteiger charge is -2.22. The SMILES string of the molecule is CCCCCCCCCC(C)(C)S(=O)(=O)OOC(C)=O. The number of hydrogen-bond acceptors (Lipinski definition) is 5. The summed E-state index contributed by atoms with van der Waals surface area (Å²) < 4.78 is 27.0. The summed E-state index contributed by atoms with van der Waals surface area (Å²) in [6.07, 6.45) is 8.37. The van der Waals surface area contributed by atoms with Crippen LogP contribution in [0.3, 0.4) is 0 Å². The van der Waals surface area contributed by atoms with Crippen molar-refractivity contribution in [2.75, 3.05) is 0 Å². The van der Waals surface area contributed by atoms with Gasteiger partial charge in [-0.05, 0) is 20.3 Å². The molecule has 0 unspecified atom stereocenters. The summed E-state index contributed by atoms with van der Waals surface area (Å²) in [4.78, 5) is 14.7. The Morgan fingerprint density at radius 2 is 1.50 bits per heavy atom. The first-order valence-electron chi connectivity index (χ1n) is 7.34. The van der Waals surface area contributed by atoms with Crippen LogP contribution in [0.25, 0.3) is 0 Å². The minimum atomic E-state index is -3.90. The van der Waals surface area contributed by atoms with E-state index in [4.69, 9.17) is 0 Å². The molecule has 0 saturated heterocycles. The summed E-state index contributed by atoms with van der Waals surface area (Å²) >= 11 is 0. The molecule has 0 spiro atoms. The first-order chi connectivity index (χ1) is 9.23. The lowest BCUT2D eigenvalue weighted by atomic mass is 10.0. The van der Waals surface area contributed by atoms with E-state index >= 15 is 0 Å². The Kier molecular flexibility index (Phi) is 9.05. The standard InChI is InChI=1S/C14H28O5S/c1-5-6-7-8-9-10-11-12-14(3,4)20(16,17)19-18-13(2)15/h5-12H2,1-4H3. The maximum atomic E-state index is 11.9. The van der Waals surface area contributed by atoms with E-state index in [2.05, 4.69) is 16.1 Å². The zero-order valence-electron chi connectivity index (χ0n) is 13.1. The molecule has 0 aromatic rings. The van der Waals surface area contributed by atoms with E-state index in [0.29, 0.717) is 6.42 Å². The number of hydrogen-bond donors (Lipinski definition) is 0. The Bertz CT molecular complexity index is 373. The van der Waals surface area contributed by atoms with Crippen LogP contribution in [0.4, 0.5) is 0 Å². The predicted molar refractivity (Wildman–Crippen MR) is 78.5 cm³/mol. The molecule has 0 aromatic carbocycles. The Morgan fingerprint density at radius 1 is 1.00 bits per heavy atom. The topological polar surface area (TPSA) is 69.7 Å². The largest absolute Gasteiger partial charge is 0.340 e. The third-order valence-corrected chi connectivity index (χ3v) is 5.10. The van der Waals surface area contributed by atoms with Crippen molar-refractivity contribution in [1.82, 2.24) is 0 Å². The van der Waals surface area contributed by atoms with Gasteiger partial charge in [0.2, 0.25) is 0 Å². The van der Waals surface area contributed by atoms with Crippen molar-refractivity contribution in [3.63, 3.8) is 0 Å². The molecule has 0 amide bonds. The molecule has 0 radical (unpaired) electrons. The molecule has 0 saturated carbocycles. The smallest absolute Gasteiger partial charge is 0.282 e. The van der Waals surface area contributed by atoms with Crippen molar-refractivity contribution in [3.05, 3.63) is 0 Å². The van der Waals surface area contributed by atoms with Crippen LogP contribution in [0.5, 0.6) is 0 Å². The first kappa shape index (κ1) is 19.4. The quantitative estimate of drug-likeness (QED) is 0.330. The summed E-state index contributed by atoms with van der Waals surface area (Å²) in [5, 5.41) is 0. The third-order valence-electron chi connectivity index (χ3n) is 3.30. The molecular weight excluding hydrogens is 280 g/mol. The molecule has 0 aromatic heterocycles. The minimum absolute atomic E-state index is 0.490. The average Bonchev–Trinajstić information content (AvgIpc) is 2.35. The fraction of sp³-hybridized carbons (Fsp3) is 0.929. The van der Waals surface area contributed by atoms with Gasteiger partial charge in [-0.3, -0.25) is 4.89 Å². The summed E-state index contributed by atoms with van der Waals surface area (Å²) in [7, 11) is -3.90. The van der Waals surface area contributed by atoms with Gasteiger partial charge in [-0.1, -0.05) is 56.2 Å². The van der Waals surface area contributed by atoms with E-state index in [1.807, 2.05) is 0 Å². The fourth-order valence-corrected chi connectivity index (χ4v) is 2.58. The number of carbonyl (C=O) groups excluding carboxylic acids is 1.